The van der Waals surface area contributed by atoms with Crippen LogP contribution in [0.25, 0.3) is 76.9 Å². The van der Waals surface area contributed by atoms with Gasteiger partial charge in [-0.1, -0.05) is 158 Å². The van der Waals surface area contributed by atoms with Gasteiger partial charge in [-0.05, 0) is 86.4 Å². The molecule has 0 aliphatic carbocycles. The van der Waals surface area contributed by atoms with E-state index in [0.717, 1.165) is 65.7 Å². The molecule has 10 aromatic rings. The van der Waals surface area contributed by atoms with E-state index in [1.54, 1.807) is 0 Å². The second-order valence-corrected chi connectivity index (χ2v) is 13.0. The highest BCUT2D eigenvalue weighted by molar-refractivity contribution is 6.19. The molecular formula is C50H33NO. The second-order valence-electron chi connectivity index (χ2n) is 13.0. The molecule has 0 saturated heterocycles. The molecule has 244 valence electrons. The van der Waals surface area contributed by atoms with E-state index in [1.165, 1.54) is 0 Å². The van der Waals surface area contributed by atoms with Crippen LogP contribution in [-0.2, 0) is 0 Å². The van der Waals surface area contributed by atoms with Crippen LogP contribution in [0, 0.1) is 0 Å². The van der Waals surface area contributed by atoms with Gasteiger partial charge in [0.1, 0.15) is 11.2 Å². The molecule has 0 atom stereocenters. The Kier molecular flexibility index (Phi) is 6.22. The summed E-state index contributed by atoms with van der Waals surface area (Å²) < 4.78 is 44.2. The molecule has 2 nitrogen and oxygen atoms in total. The first-order chi connectivity index (χ1) is 27.5. The van der Waals surface area contributed by atoms with Crippen LogP contribution < -0.4 is 4.90 Å². The average Bonchev–Trinajstić information content (AvgIpc) is 3.65. The number of anilines is 3. The molecule has 0 amide bonds. The molecule has 1 heterocycles. The van der Waals surface area contributed by atoms with Crippen LogP contribution in [0.5, 0.6) is 0 Å². The van der Waals surface area contributed by atoms with Gasteiger partial charge in [-0.3, -0.25) is 0 Å². The molecule has 2 heteroatoms. The summed E-state index contributed by atoms with van der Waals surface area (Å²) in [6.07, 6.45) is 0. The molecule has 0 aliphatic heterocycles. The number of hydrogen-bond donors (Lipinski definition) is 0. The first-order valence-corrected chi connectivity index (χ1v) is 17.4. The molecule has 0 unspecified atom stereocenters. The normalized spacial score (nSPS) is 12.5. The smallest absolute Gasteiger partial charge is 0.143 e. The molecule has 0 radical (unpaired) electrons. The van der Waals surface area contributed by atoms with Crippen molar-refractivity contribution >= 4 is 60.5 Å². The van der Waals surface area contributed by atoms with Gasteiger partial charge in [-0.25, -0.2) is 0 Å². The zero-order valence-electron chi connectivity index (χ0n) is 32.1. The molecule has 0 N–H and O–H groups in total. The molecule has 0 fully saturated rings. The highest BCUT2D eigenvalue weighted by Gasteiger charge is 2.21. The Balaban J connectivity index is 1.22. The summed E-state index contributed by atoms with van der Waals surface area (Å²) in [4.78, 5) is 1.88. The molecule has 52 heavy (non-hydrogen) atoms. The van der Waals surface area contributed by atoms with Gasteiger partial charge in [0.05, 0.1) is 11.2 Å². The van der Waals surface area contributed by atoms with E-state index in [4.69, 9.17) is 4.42 Å². The maximum atomic E-state index is 9.54. The summed E-state index contributed by atoms with van der Waals surface area (Å²) in [5, 5.41) is 6.39. The molecule has 9 aromatic carbocycles. The zero-order valence-corrected chi connectivity index (χ0v) is 28.1. The van der Waals surface area contributed by atoms with Crippen molar-refractivity contribution in [3.8, 4) is 33.4 Å². The van der Waals surface area contributed by atoms with Gasteiger partial charge in [0, 0.05) is 33.1 Å². The zero-order chi connectivity index (χ0) is 37.9. The Hall–Kier alpha value is -6.90. The molecule has 0 bridgehead atoms. The number of benzene rings is 9. The molecule has 10 rings (SSSR count). The van der Waals surface area contributed by atoms with Crippen LogP contribution in [0.4, 0.5) is 17.1 Å². The Labute approximate surface area is 308 Å². The van der Waals surface area contributed by atoms with E-state index >= 15 is 0 Å². The number of furan rings is 1. The predicted octanol–water partition coefficient (Wildman–Crippen LogP) is 14.4. The Morgan fingerprint density at radius 3 is 1.85 bits per heavy atom. The van der Waals surface area contributed by atoms with E-state index in [2.05, 4.69) is 78.9 Å². The number of nitrogens with zero attached hydrogens (tertiary/aromatic N) is 1. The first kappa shape index (κ1) is 26.0. The summed E-state index contributed by atoms with van der Waals surface area (Å²) in [7, 11) is 0. The van der Waals surface area contributed by atoms with Gasteiger partial charge >= 0.3 is 0 Å². The van der Waals surface area contributed by atoms with Crippen molar-refractivity contribution < 1.29 is 9.90 Å². The minimum absolute atomic E-state index is 0.100. The van der Waals surface area contributed by atoms with Crippen LogP contribution in [0.3, 0.4) is 0 Å². The Morgan fingerprint density at radius 2 is 1.02 bits per heavy atom. The third-order valence-corrected chi connectivity index (χ3v) is 9.95. The number of rotatable bonds is 6. The third-order valence-electron chi connectivity index (χ3n) is 9.95. The minimum Gasteiger partial charge on any atom is -0.455 e. The monoisotopic (exact) mass is 667 g/mol. The molecule has 0 saturated carbocycles. The van der Waals surface area contributed by atoms with E-state index in [9.17, 15) is 5.48 Å². The van der Waals surface area contributed by atoms with Crippen molar-refractivity contribution in [3.05, 3.63) is 200 Å². The summed E-state index contributed by atoms with van der Waals surface area (Å²) in [6, 6.07) is 58.0. The number of fused-ring (bicyclic) bond motifs is 6. The largest absolute Gasteiger partial charge is 0.455 e. The van der Waals surface area contributed by atoms with Gasteiger partial charge in [0.15, 0.2) is 0 Å². The summed E-state index contributed by atoms with van der Waals surface area (Å²) in [5.41, 5.74) is 7.97. The van der Waals surface area contributed by atoms with E-state index < -0.39 is 0 Å². The maximum absolute atomic E-state index is 9.54. The minimum atomic E-state index is -0.128. The number of hydrogen-bond acceptors (Lipinski definition) is 2. The van der Waals surface area contributed by atoms with Crippen LogP contribution in [0.2, 0.25) is 0 Å². The van der Waals surface area contributed by atoms with E-state index in [0.29, 0.717) is 16.9 Å². The van der Waals surface area contributed by atoms with Crippen molar-refractivity contribution in [1.29, 1.82) is 0 Å². The van der Waals surface area contributed by atoms with Crippen LogP contribution in [-0.4, -0.2) is 0 Å². The van der Waals surface area contributed by atoms with Crippen molar-refractivity contribution in [2.24, 2.45) is 0 Å². The maximum Gasteiger partial charge on any atom is 0.143 e. The lowest BCUT2D eigenvalue weighted by Crippen LogP contribution is -2.11. The fraction of sp³-hybridized carbons (Fsp3) is 0. The summed E-state index contributed by atoms with van der Waals surface area (Å²) in [6.45, 7) is 0. The molecule has 1 aromatic heterocycles. The fourth-order valence-electron chi connectivity index (χ4n) is 7.50. The standard InChI is InChI=1S/C50H33NO/c1-2-12-34(13-3-1)35-24-29-39(30-25-35)51(40-31-26-38(27-32-40)42-20-10-16-36-14-4-6-17-41(36)42)47-22-9-8-19-44(47)45-21-11-23-48-49(45)46-33-28-37-15-5-7-18-43(37)50(46)52-48/h1-33H/i24D,25D,29D,30D. The predicted molar refractivity (Wildman–Crippen MR) is 220 cm³/mol. The fourth-order valence-corrected chi connectivity index (χ4v) is 7.50. The molecule has 0 aliphatic rings. The molecular weight excluding hydrogens is 631 g/mol. The third kappa shape index (κ3) is 5.04. The van der Waals surface area contributed by atoms with Crippen molar-refractivity contribution in [3.63, 3.8) is 0 Å². The Bertz CT molecular complexity index is 3100. The quantitative estimate of drug-likeness (QED) is 0.175. The SMILES string of the molecule is [2H]c1c([2H])c(N(c2ccc(-c3cccc4ccccc34)cc2)c2ccccc2-c2cccc3oc4c5ccccc5ccc4c23)c([2H])c([2H])c1-c1ccccc1. The van der Waals surface area contributed by atoms with Gasteiger partial charge in [0.25, 0.3) is 0 Å². The second kappa shape index (κ2) is 12.5. The van der Waals surface area contributed by atoms with Crippen LogP contribution >= 0.6 is 0 Å². The van der Waals surface area contributed by atoms with Crippen molar-refractivity contribution in [2.45, 2.75) is 0 Å². The molecule has 0 spiro atoms. The topological polar surface area (TPSA) is 16.4 Å². The average molecular weight is 668 g/mol. The van der Waals surface area contributed by atoms with E-state index in [1.807, 2.05) is 102 Å². The highest BCUT2D eigenvalue weighted by atomic mass is 16.3. The lowest BCUT2D eigenvalue weighted by Gasteiger charge is -2.28. The number of para-hydroxylation sites is 1. The first-order valence-electron chi connectivity index (χ1n) is 19.4. The van der Waals surface area contributed by atoms with E-state index in [-0.39, 0.29) is 35.4 Å². The lowest BCUT2D eigenvalue weighted by atomic mass is 9.95. The lowest BCUT2D eigenvalue weighted by molar-refractivity contribution is 0.673. The van der Waals surface area contributed by atoms with Crippen LogP contribution in [0.1, 0.15) is 5.48 Å². The van der Waals surface area contributed by atoms with Gasteiger partial charge in [0.2, 0.25) is 0 Å². The van der Waals surface area contributed by atoms with Crippen molar-refractivity contribution in [1.82, 2.24) is 0 Å². The summed E-state index contributed by atoms with van der Waals surface area (Å²) in [5.74, 6) is 0. The van der Waals surface area contributed by atoms with Gasteiger partial charge in [-0.15, -0.1) is 0 Å². The van der Waals surface area contributed by atoms with Gasteiger partial charge in [-0.2, -0.15) is 0 Å². The van der Waals surface area contributed by atoms with Crippen LogP contribution in [0.15, 0.2) is 205 Å². The summed E-state index contributed by atoms with van der Waals surface area (Å²) >= 11 is 0. The highest BCUT2D eigenvalue weighted by Crippen LogP contribution is 2.46. The van der Waals surface area contributed by atoms with Crippen molar-refractivity contribution in [2.75, 3.05) is 4.90 Å². The van der Waals surface area contributed by atoms with Gasteiger partial charge < -0.3 is 9.32 Å². The Morgan fingerprint density at radius 1 is 0.385 bits per heavy atom.